The molecule has 0 aliphatic carbocycles. The molecule has 2 rings (SSSR count). The summed E-state index contributed by atoms with van der Waals surface area (Å²) in [5.41, 5.74) is -0.858. The largest absolute Gasteiger partial charge is 0.481 e. The lowest BCUT2D eigenvalue weighted by Crippen LogP contribution is -2.43. The van der Waals surface area contributed by atoms with Crippen molar-refractivity contribution in [3.8, 4) is 0 Å². The van der Waals surface area contributed by atoms with E-state index in [1.54, 1.807) is 0 Å². The van der Waals surface area contributed by atoms with Crippen molar-refractivity contribution in [2.45, 2.75) is 13.8 Å². The van der Waals surface area contributed by atoms with Gasteiger partial charge in [0, 0.05) is 32.7 Å². The monoisotopic (exact) mass is 283 g/mol. The molecule has 2 heterocycles. The zero-order chi connectivity index (χ0) is 15.1. The molecule has 6 nitrogen and oxygen atoms in total. The van der Waals surface area contributed by atoms with Crippen LogP contribution in [0.2, 0.25) is 0 Å². The van der Waals surface area contributed by atoms with Gasteiger partial charge in [0.25, 0.3) is 0 Å². The normalized spacial score (nSPS) is 30.6. The standard InChI is InChI=1S/C14H25N3O3/c1-13(2,7-16(3)4)8-17-5-10-11(18)15-6-14(10,9-17)12(19)20/h10H,5-9H2,1-4H3,(H,15,18)(H,19,20)/t10-,14+/m1/s1. The Balaban J connectivity index is 2.08. The lowest BCUT2D eigenvalue weighted by molar-refractivity contribution is -0.149. The predicted octanol–water partition coefficient (Wildman–Crippen LogP) is -0.293. The highest BCUT2D eigenvalue weighted by atomic mass is 16.4. The summed E-state index contributed by atoms with van der Waals surface area (Å²) in [7, 11) is 4.07. The summed E-state index contributed by atoms with van der Waals surface area (Å²) in [6.45, 7) is 7.36. The van der Waals surface area contributed by atoms with Gasteiger partial charge in [-0.25, -0.2) is 0 Å². The Morgan fingerprint density at radius 3 is 2.70 bits per heavy atom. The number of nitrogens with one attached hydrogen (secondary N) is 1. The van der Waals surface area contributed by atoms with Crippen molar-refractivity contribution >= 4 is 11.9 Å². The number of nitrogens with zero attached hydrogens (tertiary/aromatic N) is 2. The van der Waals surface area contributed by atoms with Crippen molar-refractivity contribution in [1.82, 2.24) is 15.1 Å². The van der Waals surface area contributed by atoms with Crippen LogP contribution in [0.5, 0.6) is 0 Å². The molecule has 20 heavy (non-hydrogen) atoms. The number of hydrogen-bond acceptors (Lipinski definition) is 4. The fraction of sp³-hybridized carbons (Fsp3) is 0.857. The van der Waals surface area contributed by atoms with Crippen molar-refractivity contribution in [2.75, 3.05) is 46.8 Å². The fourth-order valence-corrected chi connectivity index (χ4v) is 3.81. The van der Waals surface area contributed by atoms with Gasteiger partial charge in [-0.05, 0) is 19.5 Å². The summed E-state index contributed by atoms with van der Waals surface area (Å²) in [5.74, 6) is -1.37. The number of hydrogen-bond donors (Lipinski definition) is 2. The van der Waals surface area contributed by atoms with E-state index in [2.05, 4.69) is 29.0 Å². The van der Waals surface area contributed by atoms with Gasteiger partial charge in [-0.1, -0.05) is 13.8 Å². The van der Waals surface area contributed by atoms with Gasteiger partial charge >= 0.3 is 5.97 Å². The van der Waals surface area contributed by atoms with Crippen LogP contribution in [0.1, 0.15) is 13.8 Å². The third-order valence-corrected chi connectivity index (χ3v) is 4.33. The molecule has 1 amide bonds. The Kier molecular flexibility index (Phi) is 3.81. The van der Waals surface area contributed by atoms with Gasteiger partial charge in [-0.2, -0.15) is 0 Å². The number of amides is 1. The number of carboxylic acid groups (broad SMARTS) is 1. The molecule has 0 radical (unpaired) electrons. The van der Waals surface area contributed by atoms with Crippen molar-refractivity contribution < 1.29 is 14.7 Å². The second-order valence-corrected chi connectivity index (χ2v) is 7.30. The number of carbonyl (C=O) groups is 2. The first-order valence-corrected chi connectivity index (χ1v) is 7.04. The summed E-state index contributed by atoms with van der Waals surface area (Å²) in [6, 6.07) is 0. The van der Waals surface area contributed by atoms with Gasteiger partial charge in [0.05, 0.1) is 5.92 Å². The molecule has 6 heteroatoms. The SMILES string of the molecule is CN(C)CC(C)(C)CN1C[C@@H]2C(=O)NC[C@]2(C(=O)O)C1. The molecule has 114 valence electrons. The van der Waals surface area contributed by atoms with Crippen molar-refractivity contribution in [3.05, 3.63) is 0 Å². The number of carboxylic acids is 1. The highest BCUT2D eigenvalue weighted by molar-refractivity contribution is 5.92. The van der Waals surface area contributed by atoms with Crippen LogP contribution in [-0.2, 0) is 9.59 Å². The van der Waals surface area contributed by atoms with Crippen LogP contribution in [0, 0.1) is 16.7 Å². The van der Waals surface area contributed by atoms with E-state index in [1.165, 1.54) is 0 Å². The molecule has 0 aromatic rings. The number of rotatable bonds is 5. The van der Waals surface area contributed by atoms with Gasteiger partial charge in [-0.15, -0.1) is 0 Å². The Hall–Kier alpha value is -1.14. The third kappa shape index (κ3) is 2.67. The molecule has 0 aromatic carbocycles. The maximum Gasteiger partial charge on any atom is 0.313 e. The second kappa shape index (κ2) is 5.00. The van der Waals surface area contributed by atoms with Crippen LogP contribution in [0.4, 0.5) is 0 Å². The summed E-state index contributed by atoms with van der Waals surface area (Å²) < 4.78 is 0. The van der Waals surface area contributed by atoms with E-state index in [1.807, 2.05) is 14.1 Å². The van der Waals surface area contributed by atoms with Crippen LogP contribution in [0.25, 0.3) is 0 Å². The molecule has 2 saturated heterocycles. The predicted molar refractivity (Wildman–Crippen MR) is 75.3 cm³/mol. The fourth-order valence-electron chi connectivity index (χ4n) is 3.81. The average Bonchev–Trinajstić information content (AvgIpc) is 2.75. The first-order valence-electron chi connectivity index (χ1n) is 7.04. The lowest BCUT2D eigenvalue weighted by atomic mass is 9.81. The number of carbonyl (C=O) groups excluding carboxylic acids is 1. The molecule has 0 unspecified atom stereocenters. The van der Waals surface area contributed by atoms with Gasteiger partial charge in [0.2, 0.25) is 5.91 Å². The van der Waals surface area contributed by atoms with E-state index in [4.69, 9.17) is 0 Å². The molecule has 2 N–H and O–H groups in total. The van der Waals surface area contributed by atoms with Crippen LogP contribution >= 0.6 is 0 Å². The first kappa shape index (κ1) is 15.3. The van der Waals surface area contributed by atoms with Crippen LogP contribution in [0.15, 0.2) is 0 Å². The molecule has 0 bridgehead atoms. The second-order valence-electron chi connectivity index (χ2n) is 7.30. The minimum absolute atomic E-state index is 0.0678. The first-order chi connectivity index (χ1) is 9.16. The molecule has 2 aliphatic heterocycles. The summed E-state index contributed by atoms with van der Waals surface area (Å²) in [6.07, 6.45) is 0. The Morgan fingerprint density at radius 1 is 1.55 bits per heavy atom. The molecule has 0 spiro atoms. The average molecular weight is 283 g/mol. The van der Waals surface area contributed by atoms with Gasteiger partial charge < -0.3 is 20.2 Å². The Bertz CT molecular complexity index is 422. The van der Waals surface area contributed by atoms with Crippen LogP contribution in [-0.4, -0.2) is 73.6 Å². The Morgan fingerprint density at radius 2 is 2.20 bits per heavy atom. The topological polar surface area (TPSA) is 72.9 Å². The highest BCUT2D eigenvalue weighted by Crippen LogP contribution is 2.40. The minimum atomic E-state index is -0.925. The summed E-state index contributed by atoms with van der Waals surface area (Å²) >= 11 is 0. The molecule has 0 saturated carbocycles. The van der Waals surface area contributed by atoms with Gasteiger partial charge in [0.1, 0.15) is 5.41 Å². The summed E-state index contributed by atoms with van der Waals surface area (Å²) in [5, 5.41) is 12.2. The summed E-state index contributed by atoms with van der Waals surface area (Å²) in [4.78, 5) is 27.7. The molecule has 2 aliphatic rings. The van der Waals surface area contributed by atoms with E-state index in [0.717, 1.165) is 13.1 Å². The van der Waals surface area contributed by atoms with E-state index < -0.39 is 17.3 Å². The van der Waals surface area contributed by atoms with Gasteiger partial charge in [-0.3, -0.25) is 9.59 Å². The lowest BCUT2D eigenvalue weighted by Gasteiger charge is -2.33. The molecule has 2 atom stereocenters. The van der Waals surface area contributed by atoms with E-state index in [0.29, 0.717) is 13.1 Å². The van der Waals surface area contributed by atoms with Crippen LogP contribution in [0.3, 0.4) is 0 Å². The van der Waals surface area contributed by atoms with Crippen molar-refractivity contribution in [1.29, 1.82) is 0 Å². The van der Waals surface area contributed by atoms with Crippen LogP contribution < -0.4 is 5.32 Å². The van der Waals surface area contributed by atoms with E-state index >= 15 is 0 Å². The van der Waals surface area contributed by atoms with E-state index in [-0.39, 0.29) is 17.9 Å². The zero-order valence-electron chi connectivity index (χ0n) is 12.8. The maximum absolute atomic E-state index is 11.8. The maximum atomic E-state index is 11.8. The molecular formula is C14H25N3O3. The molecular weight excluding hydrogens is 258 g/mol. The highest BCUT2D eigenvalue weighted by Gasteiger charge is 2.59. The smallest absolute Gasteiger partial charge is 0.313 e. The molecule has 0 aromatic heterocycles. The number of aliphatic carboxylic acids is 1. The number of likely N-dealkylation sites (tertiary alicyclic amines) is 1. The third-order valence-electron chi connectivity index (χ3n) is 4.33. The minimum Gasteiger partial charge on any atom is -0.481 e. The van der Waals surface area contributed by atoms with Gasteiger partial charge in [0.15, 0.2) is 0 Å². The number of fused-ring (bicyclic) bond motifs is 1. The zero-order valence-corrected chi connectivity index (χ0v) is 12.8. The molecule has 2 fully saturated rings. The Labute approximate surface area is 120 Å². The quantitative estimate of drug-likeness (QED) is 0.725. The van der Waals surface area contributed by atoms with Crippen molar-refractivity contribution in [3.63, 3.8) is 0 Å². The van der Waals surface area contributed by atoms with Crippen molar-refractivity contribution in [2.24, 2.45) is 16.7 Å². The van der Waals surface area contributed by atoms with E-state index in [9.17, 15) is 14.7 Å².